The monoisotopic (exact) mass is 354 g/mol. The van der Waals surface area contributed by atoms with Crippen molar-refractivity contribution in [2.45, 2.75) is 0 Å². The van der Waals surface area contributed by atoms with Crippen molar-refractivity contribution in [1.82, 2.24) is 9.80 Å². The first-order valence-electron chi connectivity index (χ1n) is 5.64. The molecule has 20 heavy (non-hydrogen) atoms. The van der Waals surface area contributed by atoms with Gasteiger partial charge in [-0.05, 0) is 14.1 Å². The minimum absolute atomic E-state index is 0.0207. The highest BCUT2D eigenvalue weighted by Gasteiger charge is 2.41. The summed E-state index contributed by atoms with van der Waals surface area (Å²) in [6.45, 7) is 0.767. The molecule has 4 nitrogen and oxygen atoms in total. The van der Waals surface area contributed by atoms with Crippen molar-refractivity contribution in [3.05, 3.63) is 31.2 Å². The fraction of sp³-hybridized carbons (Fsp3) is 0.333. The molecule has 1 heterocycles. The van der Waals surface area contributed by atoms with E-state index in [0.29, 0.717) is 6.54 Å². The summed E-state index contributed by atoms with van der Waals surface area (Å²) in [5.41, 5.74) is 0.0460. The van der Waals surface area contributed by atoms with Gasteiger partial charge in [0.15, 0.2) is 0 Å². The van der Waals surface area contributed by atoms with Crippen molar-refractivity contribution in [3.8, 4) is 0 Å². The van der Waals surface area contributed by atoms with Crippen molar-refractivity contribution in [1.29, 1.82) is 0 Å². The van der Waals surface area contributed by atoms with Crippen LogP contribution in [0.3, 0.4) is 0 Å². The van der Waals surface area contributed by atoms with E-state index in [2.05, 4.69) is 0 Å². The molecule has 0 saturated heterocycles. The minimum Gasteiger partial charge on any atom is -0.308 e. The molecular weight excluding hydrogens is 346 g/mol. The van der Waals surface area contributed by atoms with E-state index in [-0.39, 0.29) is 37.8 Å². The Morgan fingerprint density at radius 2 is 1.25 bits per heavy atom. The van der Waals surface area contributed by atoms with Crippen LogP contribution >= 0.6 is 46.4 Å². The van der Waals surface area contributed by atoms with Crippen LogP contribution in [0.2, 0.25) is 20.1 Å². The van der Waals surface area contributed by atoms with Gasteiger partial charge in [0, 0.05) is 13.1 Å². The predicted octanol–water partition coefficient (Wildman–Crippen LogP) is 3.46. The van der Waals surface area contributed by atoms with Crippen molar-refractivity contribution in [3.63, 3.8) is 0 Å². The predicted molar refractivity (Wildman–Crippen MR) is 80.4 cm³/mol. The van der Waals surface area contributed by atoms with Gasteiger partial charge in [0.2, 0.25) is 0 Å². The number of likely N-dealkylation sites (N-methyl/N-ethyl adjacent to an activating group) is 1. The third-order valence-electron chi connectivity index (χ3n) is 2.96. The summed E-state index contributed by atoms with van der Waals surface area (Å²) in [6.07, 6.45) is 0. The number of rotatable bonds is 3. The van der Waals surface area contributed by atoms with Crippen LogP contribution in [0.4, 0.5) is 0 Å². The molecule has 108 valence electrons. The molecule has 0 spiro atoms. The lowest BCUT2D eigenvalue weighted by atomic mass is 10.1. The average Bonchev–Trinajstić information content (AvgIpc) is 2.63. The van der Waals surface area contributed by atoms with Crippen LogP contribution in [-0.2, 0) is 0 Å². The van der Waals surface area contributed by atoms with Crippen LogP contribution in [0.25, 0.3) is 0 Å². The highest BCUT2D eigenvalue weighted by molar-refractivity contribution is 6.55. The summed E-state index contributed by atoms with van der Waals surface area (Å²) in [6, 6.07) is 0. The van der Waals surface area contributed by atoms with Crippen LogP contribution in [0.15, 0.2) is 0 Å². The van der Waals surface area contributed by atoms with Gasteiger partial charge in [-0.3, -0.25) is 14.5 Å². The second-order valence-corrected chi connectivity index (χ2v) is 6.08. The SMILES string of the molecule is CN(C)CCN1C(=O)c2c(Cl)c(Cl)c(Cl)c(Cl)c2C1=O. The van der Waals surface area contributed by atoms with Crippen molar-refractivity contribution in [2.24, 2.45) is 0 Å². The molecule has 0 fully saturated rings. The number of fused-ring (bicyclic) bond motifs is 1. The third-order valence-corrected chi connectivity index (χ3v) is 4.76. The Morgan fingerprint density at radius 1 is 0.850 bits per heavy atom. The number of amides is 2. The van der Waals surface area contributed by atoms with E-state index in [9.17, 15) is 9.59 Å². The lowest BCUT2D eigenvalue weighted by Crippen LogP contribution is -2.36. The van der Waals surface area contributed by atoms with E-state index >= 15 is 0 Å². The molecule has 0 N–H and O–H groups in total. The maximum atomic E-state index is 12.3. The molecule has 2 rings (SSSR count). The number of imide groups is 1. The molecule has 0 saturated carbocycles. The highest BCUT2D eigenvalue weighted by Crippen LogP contribution is 2.44. The van der Waals surface area contributed by atoms with Gasteiger partial charge in [0.1, 0.15) is 0 Å². The fourth-order valence-corrected chi connectivity index (χ4v) is 2.91. The molecule has 1 aliphatic heterocycles. The third kappa shape index (κ3) is 2.40. The number of carbonyl (C=O) groups excluding carboxylic acids is 2. The number of benzene rings is 1. The summed E-state index contributed by atoms with van der Waals surface area (Å²) < 4.78 is 0. The minimum atomic E-state index is -0.502. The maximum absolute atomic E-state index is 12.3. The summed E-state index contributed by atoms with van der Waals surface area (Å²) in [5, 5.41) is -0.121. The maximum Gasteiger partial charge on any atom is 0.263 e. The summed E-state index contributed by atoms with van der Waals surface area (Å²) in [5.74, 6) is -1.00. The van der Waals surface area contributed by atoms with Gasteiger partial charge < -0.3 is 4.90 Å². The molecule has 1 aromatic carbocycles. The molecule has 0 unspecified atom stereocenters. The largest absolute Gasteiger partial charge is 0.308 e. The van der Waals surface area contributed by atoms with Crippen LogP contribution in [-0.4, -0.2) is 48.8 Å². The normalized spacial score (nSPS) is 14.4. The number of carbonyl (C=O) groups is 2. The number of hydrogen-bond acceptors (Lipinski definition) is 3. The first-order chi connectivity index (χ1) is 9.27. The van der Waals surface area contributed by atoms with Gasteiger partial charge in [0.05, 0.1) is 31.2 Å². The Kier molecular flexibility index (Phi) is 4.52. The van der Waals surface area contributed by atoms with Gasteiger partial charge in [-0.15, -0.1) is 0 Å². The zero-order valence-corrected chi connectivity index (χ0v) is 13.7. The lowest BCUT2D eigenvalue weighted by Gasteiger charge is -2.16. The van der Waals surface area contributed by atoms with Gasteiger partial charge in [-0.25, -0.2) is 0 Å². The Balaban J connectivity index is 2.52. The summed E-state index contributed by atoms with van der Waals surface area (Å²) in [4.78, 5) is 27.5. The molecular formula is C12H10Cl4N2O2. The van der Waals surface area contributed by atoms with Gasteiger partial charge in [-0.1, -0.05) is 46.4 Å². The second-order valence-electron chi connectivity index (χ2n) is 4.57. The van der Waals surface area contributed by atoms with Crippen LogP contribution in [0.1, 0.15) is 20.7 Å². The van der Waals surface area contributed by atoms with Gasteiger partial charge >= 0.3 is 0 Å². The van der Waals surface area contributed by atoms with Gasteiger partial charge in [0.25, 0.3) is 11.8 Å². The lowest BCUT2D eigenvalue weighted by molar-refractivity contribution is 0.0645. The number of nitrogens with zero attached hydrogens (tertiary/aromatic N) is 2. The first kappa shape index (κ1) is 15.9. The standard InChI is InChI=1S/C12H10Cl4N2O2/c1-17(2)3-4-18-11(19)5-6(12(18)20)8(14)10(16)9(15)7(5)13/h3-4H2,1-2H3. The van der Waals surface area contributed by atoms with Crippen LogP contribution in [0, 0.1) is 0 Å². The summed E-state index contributed by atoms with van der Waals surface area (Å²) in [7, 11) is 3.68. The van der Waals surface area contributed by atoms with E-state index in [1.807, 2.05) is 19.0 Å². The van der Waals surface area contributed by atoms with Crippen molar-refractivity contribution in [2.75, 3.05) is 27.2 Å². The van der Waals surface area contributed by atoms with E-state index < -0.39 is 11.8 Å². The molecule has 0 atom stereocenters. The molecule has 1 aromatic rings. The van der Waals surface area contributed by atoms with E-state index in [1.54, 1.807) is 0 Å². The zero-order chi connectivity index (χ0) is 15.2. The molecule has 0 aliphatic carbocycles. The molecule has 0 bridgehead atoms. The Bertz CT molecular complexity index is 569. The van der Waals surface area contributed by atoms with E-state index in [4.69, 9.17) is 46.4 Å². The van der Waals surface area contributed by atoms with Crippen molar-refractivity contribution < 1.29 is 9.59 Å². The molecule has 1 aliphatic rings. The zero-order valence-electron chi connectivity index (χ0n) is 10.6. The average molecular weight is 356 g/mol. The van der Waals surface area contributed by atoms with E-state index in [1.165, 1.54) is 0 Å². The quantitative estimate of drug-likeness (QED) is 0.473. The fourth-order valence-electron chi connectivity index (χ4n) is 1.90. The molecule has 8 heteroatoms. The van der Waals surface area contributed by atoms with Gasteiger partial charge in [-0.2, -0.15) is 0 Å². The van der Waals surface area contributed by atoms with Crippen molar-refractivity contribution >= 4 is 58.2 Å². The Morgan fingerprint density at radius 3 is 1.60 bits per heavy atom. The number of halogens is 4. The van der Waals surface area contributed by atoms with Crippen LogP contribution < -0.4 is 0 Å². The molecule has 0 aromatic heterocycles. The second kappa shape index (κ2) is 5.70. The number of hydrogen-bond donors (Lipinski definition) is 0. The highest BCUT2D eigenvalue weighted by atomic mass is 35.5. The Labute approximate surface area is 136 Å². The molecule has 0 radical (unpaired) electrons. The smallest absolute Gasteiger partial charge is 0.263 e. The first-order valence-corrected chi connectivity index (χ1v) is 7.15. The Hall–Kier alpha value is -0.520. The summed E-state index contributed by atoms with van der Waals surface area (Å²) >= 11 is 23.9. The molecule has 2 amide bonds. The van der Waals surface area contributed by atoms with Crippen LogP contribution in [0.5, 0.6) is 0 Å². The van der Waals surface area contributed by atoms with E-state index in [0.717, 1.165) is 4.90 Å². The topological polar surface area (TPSA) is 40.6 Å².